The van der Waals surface area contributed by atoms with Gasteiger partial charge < -0.3 is 43.9 Å². The number of aromatic amines is 1. The molecule has 1 amide bonds. The number of aliphatic hydroxyl groups is 3. The van der Waals surface area contributed by atoms with Crippen molar-refractivity contribution >= 4 is 29.2 Å². The number of aliphatic hydroxyl groups excluding tert-OH is 2. The highest BCUT2D eigenvalue weighted by Crippen LogP contribution is 2.38. The Labute approximate surface area is 414 Å². The third-order valence-corrected chi connectivity index (χ3v) is 14.7. The van der Waals surface area contributed by atoms with Crippen molar-refractivity contribution in [2.75, 3.05) is 27.9 Å². The Bertz CT molecular complexity index is 1960. The molecule has 5 rings (SSSR count). The summed E-state index contributed by atoms with van der Waals surface area (Å²) in [6.45, 7) is 12.7. The maximum Gasteiger partial charge on any atom is 0.329 e. The number of fused-ring (bicyclic) bond motifs is 3. The van der Waals surface area contributed by atoms with Crippen LogP contribution in [0.2, 0.25) is 0 Å². The summed E-state index contributed by atoms with van der Waals surface area (Å²) < 4.78 is 29.4. The van der Waals surface area contributed by atoms with Crippen molar-refractivity contribution in [2.24, 2.45) is 35.5 Å². The molecule has 4 heterocycles. The Morgan fingerprint density at radius 1 is 0.886 bits per heavy atom. The number of esters is 1. The molecule has 18 heteroatoms. The molecular weight excluding hydrogens is 903 g/mol. The number of ketones is 3. The third-order valence-electron chi connectivity index (χ3n) is 14.7. The van der Waals surface area contributed by atoms with Gasteiger partial charge in [-0.25, -0.2) is 4.79 Å². The van der Waals surface area contributed by atoms with E-state index in [9.17, 15) is 39.3 Å². The Hall–Kier alpha value is -4.30. The summed E-state index contributed by atoms with van der Waals surface area (Å²) in [6, 6.07) is -1.14. The number of tetrazole rings is 1. The Balaban J connectivity index is 0.00000200. The normalized spacial score (nSPS) is 36.9. The van der Waals surface area contributed by atoms with Gasteiger partial charge in [-0.05, 0) is 107 Å². The number of carbonyl (C=O) groups is 5. The number of hydrogen-bond acceptors (Lipinski definition) is 16. The molecule has 1 saturated carbocycles. The fourth-order valence-electron chi connectivity index (χ4n) is 10.2. The third kappa shape index (κ3) is 16.1. The number of Topliss-reactive ketones (excluding diaryl/α,β-unsaturated/α-hetero) is 3. The summed E-state index contributed by atoms with van der Waals surface area (Å²) in [5, 5.41) is 46.0. The number of piperidine rings is 1. The smallest absolute Gasteiger partial charge is 0.329 e. The monoisotopic (exact) mass is 984 g/mol. The number of nitrogens with zero attached hydrogens (tertiary/aromatic N) is 4. The maximum absolute atomic E-state index is 14.4. The maximum atomic E-state index is 14.4. The lowest BCUT2D eigenvalue weighted by molar-refractivity contribution is -0.265. The van der Waals surface area contributed by atoms with E-state index in [2.05, 4.69) is 20.6 Å². The molecule has 2 bridgehead atoms. The van der Waals surface area contributed by atoms with E-state index in [1.807, 2.05) is 58.1 Å². The number of ether oxygens (including phenoxy) is 5. The number of aromatic nitrogens is 4. The molecular formula is C52H81N5O13. The van der Waals surface area contributed by atoms with E-state index in [1.165, 1.54) is 18.3 Å². The van der Waals surface area contributed by atoms with Crippen LogP contribution in [0.3, 0.4) is 0 Å². The van der Waals surface area contributed by atoms with Crippen molar-refractivity contribution in [2.45, 2.75) is 180 Å². The van der Waals surface area contributed by atoms with Crippen molar-refractivity contribution < 1.29 is 63.0 Å². The first-order chi connectivity index (χ1) is 33.2. The fraction of sp³-hybridized carbons (Fsp3) is 0.731. The molecule has 1 aromatic heterocycles. The number of H-pyrrole nitrogens is 1. The van der Waals surface area contributed by atoms with Gasteiger partial charge in [0, 0.05) is 58.5 Å². The van der Waals surface area contributed by atoms with Crippen LogP contribution in [-0.4, -0.2) is 153 Å². The van der Waals surface area contributed by atoms with Crippen LogP contribution in [0.15, 0.2) is 53.9 Å². The van der Waals surface area contributed by atoms with E-state index in [0.717, 1.165) is 12.0 Å². The molecule has 0 aromatic carbocycles. The minimum atomic E-state index is -2.43. The summed E-state index contributed by atoms with van der Waals surface area (Å²) in [4.78, 5) is 71.8. The quantitative estimate of drug-likeness (QED) is 0.159. The molecule has 4 aliphatic rings. The summed E-state index contributed by atoms with van der Waals surface area (Å²) in [5.41, 5.74) is 1.27. The molecule has 70 heavy (non-hydrogen) atoms. The van der Waals surface area contributed by atoms with E-state index in [4.69, 9.17) is 23.7 Å². The zero-order valence-corrected chi connectivity index (χ0v) is 43.0. The van der Waals surface area contributed by atoms with Gasteiger partial charge in [-0.2, -0.15) is 5.21 Å². The van der Waals surface area contributed by atoms with Crippen molar-refractivity contribution in [1.82, 2.24) is 25.5 Å². The topological polar surface area (TPSA) is 250 Å². The van der Waals surface area contributed by atoms with Gasteiger partial charge in [-0.1, -0.05) is 76.3 Å². The Morgan fingerprint density at radius 3 is 2.27 bits per heavy atom. The Morgan fingerprint density at radius 2 is 1.63 bits per heavy atom. The van der Waals surface area contributed by atoms with Crippen LogP contribution >= 0.6 is 0 Å². The molecule has 0 unspecified atom stereocenters. The number of carbonyl (C=O) groups excluding carboxylic acids is 5. The predicted octanol–water partition coefficient (Wildman–Crippen LogP) is 5.38. The van der Waals surface area contributed by atoms with Gasteiger partial charge in [-0.3, -0.25) is 19.2 Å². The molecule has 3 aliphatic heterocycles. The molecule has 4 N–H and O–H groups in total. The first-order valence-electron chi connectivity index (χ1n) is 25.1. The first-order valence-corrected chi connectivity index (χ1v) is 25.1. The standard InChI is InChI=1S/C51H79NO13.CH2N4/c1-30-16-12-11-13-17-31(2)42(61-8)28-38-21-19-36(7)51(60,65-38)48(57)49(58)52-23-15-14-18-39(52)50(59)64-43(33(4)26-37-20-22-40(53)44(27-37)62-9)29-41(54)32(3)25-35(6)46(56)47(63-10)45(55)34(5)24-30;1-2-4-5-3-1/h11-13,16-17,25,30,32-34,36-40,42-44,46-47,53,56,60H,14-15,18-24,26-29H2,1-10H3;1H,(H,2,3,4,5)/b13-11?,16-12+,31-17?,35-25+;/t30-,32-,33-,34-,36-,37+,38+,39+,40-,42+,43+,44-,46-,47+,51-;/m1./s1. The van der Waals surface area contributed by atoms with E-state index in [-0.39, 0.29) is 54.8 Å². The second-order valence-corrected chi connectivity index (χ2v) is 20.2. The van der Waals surface area contributed by atoms with Crippen LogP contribution in [0.4, 0.5) is 0 Å². The van der Waals surface area contributed by atoms with Crippen LogP contribution in [0.5, 0.6) is 0 Å². The number of amides is 1. The van der Waals surface area contributed by atoms with Crippen LogP contribution in [-0.2, 0) is 47.7 Å². The van der Waals surface area contributed by atoms with Gasteiger partial charge in [0.1, 0.15) is 30.1 Å². The van der Waals surface area contributed by atoms with Gasteiger partial charge in [0.25, 0.3) is 11.7 Å². The van der Waals surface area contributed by atoms with Crippen LogP contribution in [0, 0.1) is 35.5 Å². The van der Waals surface area contributed by atoms with E-state index < -0.39 is 83.9 Å². The van der Waals surface area contributed by atoms with E-state index in [0.29, 0.717) is 63.4 Å². The molecule has 18 nitrogen and oxygen atoms in total. The molecule has 3 fully saturated rings. The number of rotatable bonds is 6. The van der Waals surface area contributed by atoms with Crippen LogP contribution < -0.4 is 0 Å². The zero-order chi connectivity index (χ0) is 51.7. The Kier molecular flexibility index (Phi) is 23.4. The summed E-state index contributed by atoms with van der Waals surface area (Å²) in [5.74, 6) is -7.96. The zero-order valence-electron chi connectivity index (χ0n) is 43.0. The lowest BCUT2D eigenvalue weighted by Crippen LogP contribution is -2.61. The fourth-order valence-corrected chi connectivity index (χ4v) is 10.2. The number of cyclic esters (lactones) is 1. The molecule has 1 aromatic rings. The van der Waals surface area contributed by atoms with E-state index >= 15 is 0 Å². The minimum absolute atomic E-state index is 0.0193. The SMILES string of the molecule is CO[C@H]1C[C@@H]2CC[C@@H](C)[C@@](O)(O2)C(=O)C(=O)N2CCCC[C@H]2C(=O)O[C@H]([C@H](C)C[C@@H]2CC[C@@H](O)[C@H](OC)C2)CC(=O)[C@H](C)/C=C(\C)[C@@H](O)[C@@H](OC)C(=O)[C@H](C)C[C@H](C)/C=C/C=CC=C1C.c1nn[nH]n1. The highest BCUT2D eigenvalue weighted by atomic mass is 16.6. The average Bonchev–Trinajstić information content (AvgIpc) is 3.94. The lowest BCUT2D eigenvalue weighted by Gasteiger charge is -2.42. The van der Waals surface area contributed by atoms with Gasteiger partial charge in [0.2, 0.25) is 5.79 Å². The van der Waals surface area contributed by atoms with Crippen molar-refractivity contribution in [3.05, 3.63) is 53.9 Å². The summed E-state index contributed by atoms with van der Waals surface area (Å²) in [7, 11) is 4.52. The van der Waals surface area contributed by atoms with Gasteiger partial charge in [0.05, 0.1) is 24.4 Å². The van der Waals surface area contributed by atoms with Crippen LogP contribution in [0.1, 0.15) is 126 Å². The number of allylic oxidation sites excluding steroid dienone is 6. The molecule has 1 aliphatic carbocycles. The second kappa shape index (κ2) is 28.1. The minimum Gasteiger partial charge on any atom is -0.460 e. The summed E-state index contributed by atoms with van der Waals surface area (Å²) >= 11 is 0. The van der Waals surface area contributed by atoms with Gasteiger partial charge in [0.15, 0.2) is 12.1 Å². The number of hydrogen-bond donors (Lipinski definition) is 4. The number of methoxy groups -OCH3 is 3. The second-order valence-electron chi connectivity index (χ2n) is 20.2. The molecule has 392 valence electrons. The summed E-state index contributed by atoms with van der Waals surface area (Å²) in [6.07, 6.45) is 12.5. The van der Waals surface area contributed by atoms with Crippen LogP contribution in [0.25, 0.3) is 0 Å². The first kappa shape index (κ1) is 58.3. The van der Waals surface area contributed by atoms with Crippen molar-refractivity contribution in [3.8, 4) is 0 Å². The molecule has 0 spiro atoms. The lowest BCUT2D eigenvalue weighted by atomic mass is 9.78. The molecule has 0 radical (unpaired) electrons. The molecule has 2 saturated heterocycles. The highest BCUT2D eigenvalue weighted by molar-refractivity contribution is 6.39. The highest BCUT2D eigenvalue weighted by Gasteiger charge is 2.53. The number of nitrogens with one attached hydrogen (secondary N) is 1. The molecule has 15 atom stereocenters. The van der Waals surface area contributed by atoms with Crippen molar-refractivity contribution in [1.29, 1.82) is 0 Å². The van der Waals surface area contributed by atoms with E-state index in [1.54, 1.807) is 41.1 Å². The van der Waals surface area contributed by atoms with Crippen molar-refractivity contribution in [3.63, 3.8) is 0 Å². The predicted molar refractivity (Wildman–Crippen MR) is 259 cm³/mol. The van der Waals surface area contributed by atoms with Gasteiger partial charge in [-0.15, -0.1) is 10.2 Å². The largest absolute Gasteiger partial charge is 0.460 e. The van der Waals surface area contributed by atoms with Gasteiger partial charge >= 0.3 is 5.97 Å². The average molecular weight is 984 g/mol.